The number of hydrogen-bond donors (Lipinski definition) is 3. The number of rotatable bonds is 5. The minimum Gasteiger partial charge on any atom is -0.383 e. The van der Waals surface area contributed by atoms with Gasteiger partial charge in [-0.25, -0.2) is 4.98 Å². The van der Waals surface area contributed by atoms with Crippen molar-refractivity contribution in [3.05, 3.63) is 106 Å². The van der Waals surface area contributed by atoms with E-state index in [4.69, 9.17) is 5.73 Å². The van der Waals surface area contributed by atoms with E-state index in [1.807, 2.05) is 54.6 Å². The van der Waals surface area contributed by atoms with Crippen molar-refractivity contribution in [1.82, 2.24) is 25.2 Å². The van der Waals surface area contributed by atoms with Crippen LogP contribution >= 0.6 is 0 Å². The quantitative estimate of drug-likeness (QED) is 0.298. The first kappa shape index (κ1) is 26.1. The number of hydrogen-bond acceptors (Lipinski definition) is 6. The predicted molar refractivity (Wildman–Crippen MR) is 155 cm³/mol. The average Bonchev–Trinajstić information content (AvgIpc) is 2.95. The van der Waals surface area contributed by atoms with E-state index in [0.29, 0.717) is 38.6 Å². The zero-order valence-electron chi connectivity index (χ0n) is 21.9. The largest absolute Gasteiger partial charge is 0.383 e. The van der Waals surface area contributed by atoms with Gasteiger partial charge in [0.05, 0.1) is 23.5 Å². The number of carbonyl (C=O) groups is 2. The summed E-state index contributed by atoms with van der Waals surface area (Å²) in [5.74, 6) is 5.35. The molecule has 198 valence electrons. The Balaban J connectivity index is 1.62. The first-order chi connectivity index (χ1) is 19.3. The molecule has 3 heterocycles. The van der Waals surface area contributed by atoms with Gasteiger partial charge in [-0.2, -0.15) is 0 Å². The lowest BCUT2D eigenvalue weighted by Crippen LogP contribution is -2.33. The molecule has 5 rings (SSSR count). The topological polar surface area (TPSA) is 132 Å². The van der Waals surface area contributed by atoms with E-state index in [2.05, 4.69) is 32.4 Å². The molecule has 40 heavy (non-hydrogen) atoms. The number of nitrogens with two attached hydrogens (primary N) is 1. The smallest absolute Gasteiger partial charge is 0.264 e. The van der Waals surface area contributed by atoms with Gasteiger partial charge in [-0.1, -0.05) is 42.2 Å². The monoisotopic (exact) mass is 530 g/mol. The fourth-order valence-corrected chi connectivity index (χ4v) is 4.58. The molecule has 9 heteroatoms. The Morgan fingerprint density at radius 2 is 1.80 bits per heavy atom. The molecule has 0 fully saturated rings. The molecule has 0 spiro atoms. The van der Waals surface area contributed by atoms with Gasteiger partial charge in [-0.15, -0.1) is 0 Å². The number of nitrogens with zero attached hydrogens (tertiary/aromatic N) is 3. The van der Waals surface area contributed by atoms with Crippen molar-refractivity contribution < 1.29 is 9.59 Å². The molecule has 0 radical (unpaired) electrons. The van der Waals surface area contributed by atoms with Gasteiger partial charge in [-0.3, -0.25) is 23.9 Å². The van der Waals surface area contributed by atoms with Gasteiger partial charge in [-0.05, 0) is 48.7 Å². The van der Waals surface area contributed by atoms with Gasteiger partial charge in [0.2, 0.25) is 5.91 Å². The van der Waals surface area contributed by atoms with E-state index in [0.717, 1.165) is 0 Å². The molecule has 9 nitrogen and oxygen atoms in total. The fourth-order valence-electron chi connectivity index (χ4n) is 4.58. The van der Waals surface area contributed by atoms with E-state index in [1.54, 1.807) is 36.0 Å². The molecule has 0 saturated carbocycles. The third-order valence-electron chi connectivity index (χ3n) is 6.43. The van der Waals surface area contributed by atoms with E-state index >= 15 is 0 Å². The predicted octanol–water partition coefficient (Wildman–Crippen LogP) is 3.49. The number of nitrogen functional groups attached to an aromatic ring is 1. The summed E-state index contributed by atoms with van der Waals surface area (Å²) in [6.07, 6.45) is 3.17. The Hall–Kier alpha value is -5.49. The van der Waals surface area contributed by atoms with Crippen molar-refractivity contribution >= 4 is 39.3 Å². The van der Waals surface area contributed by atoms with E-state index < -0.39 is 11.9 Å². The van der Waals surface area contributed by atoms with Crippen LogP contribution in [0.1, 0.15) is 41.5 Å². The van der Waals surface area contributed by atoms with Crippen LogP contribution in [0.2, 0.25) is 0 Å². The lowest BCUT2D eigenvalue weighted by Gasteiger charge is -2.21. The van der Waals surface area contributed by atoms with Crippen LogP contribution in [-0.2, 0) is 4.79 Å². The van der Waals surface area contributed by atoms with Crippen molar-refractivity contribution in [3.63, 3.8) is 0 Å². The molecule has 4 N–H and O–H groups in total. The summed E-state index contributed by atoms with van der Waals surface area (Å²) < 4.78 is 1.58. The van der Waals surface area contributed by atoms with Crippen molar-refractivity contribution in [2.24, 2.45) is 0 Å². The minimum absolute atomic E-state index is 0.0670. The Labute approximate surface area is 230 Å². The van der Waals surface area contributed by atoms with Crippen molar-refractivity contribution in [1.29, 1.82) is 0 Å². The summed E-state index contributed by atoms with van der Waals surface area (Å²) in [6.45, 7) is 3.39. The van der Waals surface area contributed by atoms with Gasteiger partial charge < -0.3 is 16.4 Å². The molecule has 0 aliphatic heterocycles. The molecule has 3 aromatic heterocycles. The summed E-state index contributed by atoms with van der Waals surface area (Å²) in [4.78, 5) is 47.3. The molecule has 0 aliphatic rings. The summed E-state index contributed by atoms with van der Waals surface area (Å²) in [5.41, 5.74) is 8.19. The van der Waals surface area contributed by atoms with Crippen LogP contribution < -0.4 is 21.9 Å². The fraction of sp³-hybridized carbons (Fsp3) is 0.129. The normalized spacial score (nSPS) is 11.4. The van der Waals surface area contributed by atoms with Crippen LogP contribution in [-0.4, -0.2) is 32.9 Å². The van der Waals surface area contributed by atoms with E-state index in [-0.39, 0.29) is 29.4 Å². The van der Waals surface area contributed by atoms with Crippen LogP contribution in [0.15, 0.2) is 83.9 Å². The van der Waals surface area contributed by atoms with Crippen LogP contribution in [0.3, 0.4) is 0 Å². The molecular formula is C31H26N6O3. The number of nitrogens with one attached hydrogen (secondary N) is 2. The van der Waals surface area contributed by atoms with Crippen LogP contribution in [0.25, 0.3) is 27.4 Å². The number of anilines is 1. The highest BCUT2D eigenvalue weighted by molar-refractivity contribution is 6.09. The molecule has 1 unspecified atom stereocenters. The molecule has 0 bridgehead atoms. The van der Waals surface area contributed by atoms with Gasteiger partial charge >= 0.3 is 0 Å². The Bertz CT molecular complexity index is 1890. The standard InChI is InChI=1S/C31H26N6O3/c1-19(36-30(39)27-28-23(12-8-16-34-28)18-35-29(27)32)25-17-22-10-6-9-21(11-7-15-33-20(2)38)26(22)31(40)37(25)24-13-4-3-5-14-24/h3-6,8-10,12-14,16-19H,15H2,1-2H3,(H2,32,35)(H,33,38)(H,36,39). The molecule has 5 aromatic rings. The highest BCUT2D eigenvalue weighted by Crippen LogP contribution is 2.25. The number of carbonyl (C=O) groups excluding carboxylic acids is 2. The first-order valence-corrected chi connectivity index (χ1v) is 12.6. The average molecular weight is 531 g/mol. The molecule has 2 aromatic carbocycles. The number of benzene rings is 2. The molecule has 0 aliphatic carbocycles. The van der Waals surface area contributed by atoms with Crippen molar-refractivity contribution in [2.75, 3.05) is 12.3 Å². The third kappa shape index (κ3) is 5.11. The zero-order valence-corrected chi connectivity index (χ0v) is 21.9. The number of amides is 2. The Morgan fingerprint density at radius 1 is 1.02 bits per heavy atom. The number of fused-ring (bicyclic) bond motifs is 2. The summed E-state index contributed by atoms with van der Waals surface area (Å²) >= 11 is 0. The number of pyridine rings is 3. The van der Waals surface area contributed by atoms with E-state index in [1.165, 1.54) is 6.92 Å². The minimum atomic E-state index is -0.599. The van der Waals surface area contributed by atoms with Crippen LogP contribution in [0.4, 0.5) is 5.82 Å². The second-order valence-corrected chi connectivity index (χ2v) is 9.18. The zero-order chi connectivity index (χ0) is 28.2. The molecule has 2 amide bonds. The Kier molecular flexibility index (Phi) is 7.25. The third-order valence-corrected chi connectivity index (χ3v) is 6.43. The van der Waals surface area contributed by atoms with Gasteiger partial charge in [0, 0.05) is 41.6 Å². The molecule has 1 atom stereocenters. The van der Waals surface area contributed by atoms with Gasteiger partial charge in [0.1, 0.15) is 11.4 Å². The second-order valence-electron chi connectivity index (χ2n) is 9.18. The van der Waals surface area contributed by atoms with Crippen molar-refractivity contribution in [2.45, 2.75) is 19.9 Å². The summed E-state index contributed by atoms with van der Waals surface area (Å²) in [5, 5.41) is 7.42. The molecular weight excluding hydrogens is 504 g/mol. The summed E-state index contributed by atoms with van der Waals surface area (Å²) in [7, 11) is 0. The second kappa shape index (κ2) is 11.1. The SMILES string of the molecule is CC(=O)NCC#Cc1cccc2cc(C(C)NC(=O)c3c(N)ncc4cccnc34)n(-c3ccccc3)c(=O)c12. The van der Waals surface area contributed by atoms with Gasteiger partial charge in [0.25, 0.3) is 11.5 Å². The molecule has 0 saturated heterocycles. The van der Waals surface area contributed by atoms with Crippen LogP contribution in [0.5, 0.6) is 0 Å². The maximum Gasteiger partial charge on any atom is 0.264 e. The number of aromatic nitrogens is 3. The first-order valence-electron chi connectivity index (χ1n) is 12.6. The lowest BCUT2D eigenvalue weighted by molar-refractivity contribution is -0.118. The number of para-hydroxylation sites is 1. The van der Waals surface area contributed by atoms with Gasteiger partial charge in [0.15, 0.2) is 0 Å². The maximum atomic E-state index is 14.1. The van der Waals surface area contributed by atoms with Crippen molar-refractivity contribution in [3.8, 4) is 17.5 Å². The lowest BCUT2D eigenvalue weighted by atomic mass is 10.0. The summed E-state index contributed by atoms with van der Waals surface area (Å²) in [6, 6.07) is 19.5. The highest BCUT2D eigenvalue weighted by Gasteiger charge is 2.22. The maximum absolute atomic E-state index is 14.1. The van der Waals surface area contributed by atoms with Crippen LogP contribution in [0, 0.1) is 11.8 Å². The van der Waals surface area contributed by atoms with E-state index in [9.17, 15) is 14.4 Å². The highest BCUT2D eigenvalue weighted by atomic mass is 16.2. The Morgan fingerprint density at radius 3 is 2.58 bits per heavy atom.